The number of amides is 2. The van der Waals surface area contributed by atoms with Crippen molar-refractivity contribution in [2.45, 2.75) is 6.54 Å². The lowest BCUT2D eigenvalue weighted by molar-refractivity contribution is -0.307. The van der Waals surface area contributed by atoms with Crippen LogP contribution >= 0.6 is 46.7 Å². The van der Waals surface area contributed by atoms with E-state index in [-0.39, 0.29) is 12.2 Å². The Morgan fingerprint density at radius 2 is 1.83 bits per heavy atom. The summed E-state index contributed by atoms with van der Waals surface area (Å²) < 4.78 is 11.7. The van der Waals surface area contributed by atoms with Gasteiger partial charge in [0.15, 0.2) is 0 Å². The molecule has 2 aromatic carbocycles. The Hall–Kier alpha value is -1.08. The third-order valence-corrected chi connectivity index (χ3v) is 5.13. The van der Waals surface area contributed by atoms with Crippen molar-refractivity contribution in [3.63, 3.8) is 0 Å². The molecule has 0 atom stereocenters. The van der Waals surface area contributed by atoms with Gasteiger partial charge in [-0.25, -0.2) is 4.79 Å². The predicted molar refractivity (Wildman–Crippen MR) is 93.7 cm³/mol. The monoisotopic (exact) mass is 450 g/mol. The van der Waals surface area contributed by atoms with Crippen LogP contribution in [0.2, 0.25) is 10.0 Å². The molecule has 0 aliphatic carbocycles. The predicted octanol–water partition coefficient (Wildman–Crippen LogP) is 2.62. The maximum Gasteiger partial charge on any atom is 0.319 e. The molecule has 0 radical (unpaired) electrons. The van der Waals surface area contributed by atoms with Crippen molar-refractivity contribution < 1.29 is 19.1 Å². The molecule has 24 heavy (non-hydrogen) atoms. The SMILES string of the molecule is O=C(NCc1ccc(Cl)c(Cl)c1)Nc1ccc(Br)cc1P(=O)([O-])[O-]. The summed E-state index contributed by atoms with van der Waals surface area (Å²) in [4.78, 5) is 34.5. The molecular weight excluding hydrogens is 442 g/mol. The number of carbonyl (C=O) groups is 1. The Morgan fingerprint density at radius 3 is 2.46 bits per heavy atom. The number of benzene rings is 2. The van der Waals surface area contributed by atoms with Crippen molar-refractivity contribution in [2.24, 2.45) is 0 Å². The van der Waals surface area contributed by atoms with Crippen LogP contribution in [0.3, 0.4) is 0 Å². The number of rotatable bonds is 4. The van der Waals surface area contributed by atoms with Gasteiger partial charge >= 0.3 is 6.03 Å². The highest BCUT2D eigenvalue weighted by Gasteiger charge is 2.10. The van der Waals surface area contributed by atoms with E-state index in [1.807, 2.05) is 0 Å². The zero-order chi connectivity index (χ0) is 17.9. The Morgan fingerprint density at radius 1 is 1.12 bits per heavy atom. The fourth-order valence-electron chi connectivity index (χ4n) is 1.84. The third kappa shape index (κ3) is 5.21. The van der Waals surface area contributed by atoms with Crippen molar-refractivity contribution in [1.82, 2.24) is 5.32 Å². The summed E-state index contributed by atoms with van der Waals surface area (Å²) in [5, 5.41) is 5.12. The van der Waals surface area contributed by atoms with E-state index in [1.165, 1.54) is 12.1 Å². The average molecular weight is 452 g/mol. The molecule has 0 heterocycles. The van der Waals surface area contributed by atoms with Crippen LogP contribution in [0, 0.1) is 0 Å². The van der Waals surface area contributed by atoms with Gasteiger partial charge in [0.2, 0.25) is 0 Å². The molecule has 0 saturated carbocycles. The highest BCUT2D eigenvalue weighted by molar-refractivity contribution is 9.10. The van der Waals surface area contributed by atoms with E-state index in [0.29, 0.717) is 20.1 Å². The topological polar surface area (TPSA) is 104 Å². The molecule has 0 aliphatic rings. The lowest BCUT2D eigenvalue weighted by Gasteiger charge is -2.32. The van der Waals surface area contributed by atoms with E-state index >= 15 is 0 Å². The summed E-state index contributed by atoms with van der Waals surface area (Å²) in [5.41, 5.74) is 0.604. The molecule has 2 N–H and O–H groups in total. The minimum absolute atomic E-state index is 0.0989. The van der Waals surface area contributed by atoms with Gasteiger partial charge in [0.25, 0.3) is 0 Å². The Bertz CT molecular complexity index is 828. The van der Waals surface area contributed by atoms with Crippen molar-refractivity contribution in [3.05, 3.63) is 56.5 Å². The van der Waals surface area contributed by atoms with Gasteiger partial charge < -0.3 is 25.0 Å². The summed E-state index contributed by atoms with van der Waals surface area (Å²) in [5.74, 6) is 0. The van der Waals surface area contributed by atoms with Crippen LogP contribution in [-0.2, 0) is 11.1 Å². The molecule has 2 amide bonds. The van der Waals surface area contributed by atoms with Gasteiger partial charge in [-0.1, -0.05) is 45.2 Å². The van der Waals surface area contributed by atoms with Crippen LogP contribution in [0.15, 0.2) is 40.9 Å². The summed E-state index contributed by atoms with van der Waals surface area (Å²) in [6, 6.07) is 8.17. The van der Waals surface area contributed by atoms with Crippen LogP contribution in [0.1, 0.15) is 5.56 Å². The first-order valence-corrected chi connectivity index (χ1v) is 9.57. The van der Waals surface area contributed by atoms with Gasteiger partial charge in [0, 0.05) is 16.3 Å². The summed E-state index contributed by atoms with van der Waals surface area (Å²) in [6.07, 6.45) is 0. The number of halogens is 3. The van der Waals surface area contributed by atoms with Crippen molar-refractivity contribution in [2.75, 3.05) is 5.32 Å². The molecule has 0 bridgehead atoms. The molecule has 0 spiro atoms. The summed E-state index contributed by atoms with van der Waals surface area (Å²) >= 11 is 14.8. The van der Waals surface area contributed by atoms with Gasteiger partial charge in [-0.05, 0) is 43.5 Å². The molecule has 6 nitrogen and oxygen atoms in total. The average Bonchev–Trinajstić information content (AvgIpc) is 2.49. The Kier molecular flexibility index (Phi) is 6.31. The third-order valence-electron chi connectivity index (χ3n) is 2.94. The minimum Gasteiger partial charge on any atom is -0.807 e. The summed E-state index contributed by atoms with van der Waals surface area (Å²) in [6.45, 7) is 0.140. The number of nitrogens with one attached hydrogen (secondary N) is 2. The highest BCUT2D eigenvalue weighted by atomic mass is 79.9. The maximum atomic E-state index is 11.9. The van der Waals surface area contributed by atoms with Gasteiger partial charge in [0.05, 0.1) is 15.7 Å². The van der Waals surface area contributed by atoms with E-state index in [1.54, 1.807) is 18.2 Å². The van der Waals surface area contributed by atoms with E-state index in [9.17, 15) is 19.1 Å². The number of hydrogen-bond acceptors (Lipinski definition) is 4. The molecule has 0 saturated heterocycles. The maximum absolute atomic E-state index is 11.9. The largest absolute Gasteiger partial charge is 0.807 e. The minimum atomic E-state index is -5.03. The van der Waals surface area contributed by atoms with Crippen LogP contribution in [0.4, 0.5) is 10.5 Å². The van der Waals surface area contributed by atoms with Crippen LogP contribution in [0.5, 0.6) is 0 Å². The second kappa shape index (κ2) is 7.87. The quantitative estimate of drug-likeness (QED) is 0.697. The number of anilines is 1. The number of carbonyl (C=O) groups excluding carboxylic acids is 1. The molecular formula is C14H10BrCl2N2O4P-2. The highest BCUT2D eigenvalue weighted by Crippen LogP contribution is 2.29. The van der Waals surface area contributed by atoms with E-state index < -0.39 is 18.9 Å². The van der Waals surface area contributed by atoms with Crippen molar-refractivity contribution in [1.29, 1.82) is 0 Å². The van der Waals surface area contributed by atoms with Crippen LogP contribution in [-0.4, -0.2) is 6.03 Å². The molecule has 2 aromatic rings. The number of hydrogen-bond donors (Lipinski definition) is 2. The van der Waals surface area contributed by atoms with Gasteiger partial charge in [-0.2, -0.15) is 0 Å². The molecule has 0 unspecified atom stereocenters. The second-order valence-electron chi connectivity index (χ2n) is 4.72. The molecule has 0 aromatic heterocycles. The molecule has 128 valence electrons. The zero-order valence-corrected chi connectivity index (χ0v) is 15.9. The molecule has 0 fully saturated rings. The first-order chi connectivity index (χ1) is 11.2. The second-order valence-corrected chi connectivity index (χ2v) is 7.92. The smallest absolute Gasteiger partial charge is 0.319 e. The first-order valence-electron chi connectivity index (χ1n) is 6.48. The van der Waals surface area contributed by atoms with E-state index in [0.717, 1.165) is 6.07 Å². The van der Waals surface area contributed by atoms with Crippen LogP contribution < -0.4 is 25.7 Å². The molecule has 0 aliphatic heterocycles. The van der Waals surface area contributed by atoms with E-state index in [4.69, 9.17) is 23.2 Å². The van der Waals surface area contributed by atoms with Gasteiger partial charge in [0.1, 0.15) is 0 Å². The normalized spacial score (nSPS) is 11.2. The number of urea groups is 1. The molecule has 10 heteroatoms. The van der Waals surface area contributed by atoms with Gasteiger partial charge in [-0.3, -0.25) is 0 Å². The lowest BCUT2D eigenvalue weighted by Crippen LogP contribution is -2.33. The first kappa shape index (κ1) is 19.2. The van der Waals surface area contributed by atoms with Crippen molar-refractivity contribution in [3.8, 4) is 0 Å². The lowest BCUT2D eigenvalue weighted by atomic mass is 10.2. The molecule has 2 rings (SSSR count). The Balaban J connectivity index is 2.07. The summed E-state index contributed by atoms with van der Waals surface area (Å²) in [7, 11) is -5.03. The van der Waals surface area contributed by atoms with E-state index in [2.05, 4.69) is 26.6 Å². The Labute approximate surface area is 156 Å². The standard InChI is InChI=1S/C14H12BrCl2N2O4P/c15-9-2-4-12(13(6-9)24(21,22)23)19-14(20)18-7-8-1-3-10(16)11(17)5-8/h1-6H,7H2,(H2,18,19,20)(H2,21,22,23)/p-2. The fraction of sp³-hybridized carbons (Fsp3) is 0.0714. The van der Waals surface area contributed by atoms with Crippen molar-refractivity contribution >= 4 is 63.8 Å². The fourth-order valence-corrected chi connectivity index (χ4v) is 3.42. The van der Waals surface area contributed by atoms with Gasteiger partial charge in [-0.15, -0.1) is 0 Å². The zero-order valence-electron chi connectivity index (χ0n) is 11.9. The van der Waals surface area contributed by atoms with Crippen LogP contribution in [0.25, 0.3) is 0 Å².